The minimum absolute atomic E-state index is 0.0285. The summed E-state index contributed by atoms with van der Waals surface area (Å²) in [6.45, 7) is 1.89. The number of Topliss-reactive ketones (excluding diaryl/α,β-unsaturated/α-hetero) is 1. The highest BCUT2D eigenvalue weighted by atomic mass is 35.5. The molecular formula is C10H12ClNO. The molecule has 0 heterocycles. The summed E-state index contributed by atoms with van der Waals surface area (Å²) in [7, 11) is 0. The first kappa shape index (κ1) is 10.2. The van der Waals surface area contributed by atoms with Crippen molar-refractivity contribution in [3.63, 3.8) is 0 Å². The second-order valence-corrected chi connectivity index (χ2v) is 3.32. The Bertz CT molecular complexity index is 294. The van der Waals surface area contributed by atoms with Crippen molar-refractivity contribution in [2.24, 2.45) is 5.73 Å². The molecule has 1 aromatic rings. The molecule has 1 atom stereocenters. The molecule has 0 spiro atoms. The molecule has 0 aliphatic rings. The molecule has 1 rings (SSSR count). The van der Waals surface area contributed by atoms with Crippen LogP contribution in [0.3, 0.4) is 0 Å². The van der Waals surface area contributed by atoms with Crippen LogP contribution in [0.1, 0.15) is 23.7 Å². The third-order valence-electron chi connectivity index (χ3n) is 1.91. The Morgan fingerprint density at radius 3 is 2.46 bits per heavy atom. The number of rotatable bonds is 3. The molecule has 0 unspecified atom stereocenters. The van der Waals surface area contributed by atoms with E-state index in [2.05, 4.69) is 0 Å². The Hall–Kier alpha value is -0.860. The van der Waals surface area contributed by atoms with Gasteiger partial charge in [0.05, 0.1) is 6.04 Å². The Balaban J connectivity index is 2.83. The predicted molar refractivity (Wildman–Crippen MR) is 54.0 cm³/mol. The summed E-state index contributed by atoms with van der Waals surface area (Å²) in [6.07, 6.45) is 0.654. The zero-order valence-electron chi connectivity index (χ0n) is 7.46. The number of hydrogen-bond donors (Lipinski definition) is 1. The van der Waals surface area contributed by atoms with Crippen LogP contribution in [0, 0.1) is 0 Å². The fraction of sp³-hybridized carbons (Fsp3) is 0.300. The SMILES string of the molecule is CC[C@H](N)C(=O)c1ccc(Cl)cc1. The second kappa shape index (κ2) is 4.40. The number of halogens is 1. The van der Waals surface area contributed by atoms with Crippen LogP contribution in [0.4, 0.5) is 0 Å². The fourth-order valence-corrected chi connectivity index (χ4v) is 1.14. The van der Waals surface area contributed by atoms with Gasteiger partial charge in [-0.05, 0) is 30.7 Å². The Morgan fingerprint density at radius 2 is 2.00 bits per heavy atom. The van der Waals surface area contributed by atoms with E-state index in [-0.39, 0.29) is 5.78 Å². The van der Waals surface area contributed by atoms with Crippen LogP contribution in [0.25, 0.3) is 0 Å². The summed E-state index contributed by atoms with van der Waals surface area (Å²) in [4.78, 5) is 11.5. The monoisotopic (exact) mass is 197 g/mol. The van der Waals surface area contributed by atoms with Crippen molar-refractivity contribution in [2.75, 3.05) is 0 Å². The molecule has 0 aliphatic carbocycles. The van der Waals surface area contributed by atoms with Gasteiger partial charge in [0.25, 0.3) is 0 Å². The maximum absolute atomic E-state index is 11.5. The number of carbonyl (C=O) groups excluding carboxylic acids is 1. The van der Waals surface area contributed by atoms with Crippen molar-refractivity contribution in [1.29, 1.82) is 0 Å². The number of nitrogens with two attached hydrogens (primary N) is 1. The molecular weight excluding hydrogens is 186 g/mol. The van der Waals surface area contributed by atoms with Gasteiger partial charge in [-0.25, -0.2) is 0 Å². The Labute approximate surface area is 82.7 Å². The zero-order chi connectivity index (χ0) is 9.84. The molecule has 0 saturated heterocycles. The van der Waals surface area contributed by atoms with Crippen LogP contribution >= 0.6 is 11.6 Å². The first-order valence-electron chi connectivity index (χ1n) is 4.20. The summed E-state index contributed by atoms with van der Waals surface area (Å²) in [6, 6.07) is 6.37. The quantitative estimate of drug-likeness (QED) is 0.756. The van der Waals surface area contributed by atoms with Crippen molar-refractivity contribution < 1.29 is 4.79 Å². The van der Waals surface area contributed by atoms with E-state index in [0.717, 1.165) is 0 Å². The van der Waals surface area contributed by atoms with Gasteiger partial charge in [0.15, 0.2) is 5.78 Å². The summed E-state index contributed by atoms with van der Waals surface area (Å²) in [5, 5.41) is 0.626. The Morgan fingerprint density at radius 1 is 1.46 bits per heavy atom. The summed E-state index contributed by atoms with van der Waals surface area (Å²) in [5.41, 5.74) is 6.23. The van der Waals surface area contributed by atoms with Gasteiger partial charge in [0.1, 0.15) is 0 Å². The van der Waals surface area contributed by atoms with E-state index in [4.69, 9.17) is 17.3 Å². The van der Waals surface area contributed by atoms with Crippen LogP contribution in [-0.4, -0.2) is 11.8 Å². The van der Waals surface area contributed by atoms with Crippen molar-refractivity contribution >= 4 is 17.4 Å². The molecule has 0 aromatic heterocycles. The third-order valence-corrected chi connectivity index (χ3v) is 2.16. The average Bonchev–Trinajstić information content (AvgIpc) is 2.17. The van der Waals surface area contributed by atoms with Crippen molar-refractivity contribution in [3.8, 4) is 0 Å². The fourth-order valence-electron chi connectivity index (χ4n) is 1.01. The third kappa shape index (κ3) is 2.54. The molecule has 0 amide bonds. The average molecular weight is 198 g/mol. The lowest BCUT2D eigenvalue weighted by molar-refractivity contribution is 0.0959. The lowest BCUT2D eigenvalue weighted by Crippen LogP contribution is -2.29. The van der Waals surface area contributed by atoms with Crippen LogP contribution in [-0.2, 0) is 0 Å². The predicted octanol–water partition coefficient (Wildman–Crippen LogP) is 2.26. The van der Waals surface area contributed by atoms with Gasteiger partial charge in [-0.3, -0.25) is 4.79 Å². The minimum Gasteiger partial charge on any atom is -0.321 e. The van der Waals surface area contributed by atoms with Gasteiger partial charge in [0, 0.05) is 10.6 Å². The topological polar surface area (TPSA) is 43.1 Å². The molecule has 0 fully saturated rings. The molecule has 2 nitrogen and oxygen atoms in total. The number of ketones is 1. The lowest BCUT2D eigenvalue weighted by Gasteiger charge is -2.06. The Kier molecular flexibility index (Phi) is 3.46. The first-order valence-corrected chi connectivity index (χ1v) is 4.58. The summed E-state index contributed by atoms with van der Waals surface area (Å²) >= 11 is 5.69. The van der Waals surface area contributed by atoms with Crippen molar-refractivity contribution in [3.05, 3.63) is 34.9 Å². The molecule has 0 saturated carbocycles. The summed E-state index contributed by atoms with van der Waals surface area (Å²) in [5.74, 6) is -0.0285. The largest absolute Gasteiger partial charge is 0.321 e. The van der Waals surface area contributed by atoms with E-state index in [0.29, 0.717) is 17.0 Å². The smallest absolute Gasteiger partial charge is 0.179 e. The van der Waals surface area contributed by atoms with Gasteiger partial charge in [-0.15, -0.1) is 0 Å². The van der Waals surface area contributed by atoms with Crippen LogP contribution < -0.4 is 5.73 Å². The maximum atomic E-state index is 11.5. The maximum Gasteiger partial charge on any atom is 0.179 e. The molecule has 2 N–H and O–H groups in total. The van der Waals surface area contributed by atoms with Crippen molar-refractivity contribution in [2.45, 2.75) is 19.4 Å². The highest BCUT2D eigenvalue weighted by Crippen LogP contribution is 2.11. The molecule has 13 heavy (non-hydrogen) atoms. The highest BCUT2D eigenvalue weighted by Gasteiger charge is 2.12. The van der Waals surface area contributed by atoms with E-state index in [1.807, 2.05) is 6.92 Å². The van der Waals surface area contributed by atoms with E-state index < -0.39 is 6.04 Å². The number of hydrogen-bond acceptors (Lipinski definition) is 2. The van der Waals surface area contributed by atoms with Gasteiger partial charge in [0.2, 0.25) is 0 Å². The van der Waals surface area contributed by atoms with E-state index in [1.165, 1.54) is 0 Å². The number of benzene rings is 1. The first-order chi connectivity index (χ1) is 6.15. The minimum atomic E-state index is -0.402. The van der Waals surface area contributed by atoms with E-state index in [9.17, 15) is 4.79 Å². The van der Waals surface area contributed by atoms with Gasteiger partial charge >= 0.3 is 0 Å². The lowest BCUT2D eigenvalue weighted by atomic mass is 10.0. The highest BCUT2D eigenvalue weighted by molar-refractivity contribution is 6.30. The molecule has 0 radical (unpaired) electrons. The van der Waals surface area contributed by atoms with Crippen LogP contribution in [0.2, 0.25) is 5.02 Å². The van der Waals surface area contributed by atoms with E-state index in [1.54, 1.807) is 24.3 Å². The standard InChI is InChI=1S/C10H12ClNO/c1-2-9(12)10(13)7-3-5-8(11)6-4-7/h3-6,9H,2,12H2,1H3/t9-/m0/s1. The molecule has 70 valence electrons. The van der Waals surface area contributed by atoms with Crippen LogP contribution in [0.5, 0.6) is 0 Å². The normalized spacial score (nSPS) is 12.5. The van der Waals surface area contributed by atoms with Gasteiger partial charge in [-0.1, -0.05) is 18.5 Å². The number of carbonyl (C=O) groups is 1. The van der Waals surface area contributed by atoms with E-state index >= 15 is 0 Å². The molecule has 3 heteroatoms. The van der Waals surface area contributed by atoms with Gasteiger partial charge in [-0.2, -0.15) is 0 Å². The van der Waals surface area contributed by atoms with Gasteiger partial charge < -0.3 is 5.73 Å². The van der Waals surface area contributed by atoms with Crippen LogP contribution in [0.15, 0.2) is 24.3 Å². The van der Waals surface area contributed by atoms with Crippen molar-refractivity contribution in [1.82, 2.24) is 0 Å². The summed E-state index contributed by atoms with van der Waals surface area (Å²) < 4.78 is 0. The molecule has 1 aromatic carbocycles. The molecule has 0 aliphatic heterocycles. The zero-order valence-corrected chi connectivity index (χ0v) is 8.21. The molecule has 0 bridgehead atoms. The second-order valence-electron chi connectivity index (χ2n) is 2.89.